The lowest BCUT2D eigenvalue weighted by atomic mass is 10.0. The minimum Gasteiger partial charge on any atom is -0.494 e. The van der Waals surface area contributed by atoms with E-state index in [0.29, 0.717) is 0 Å². The Morgan fingerprint density at radius 2 is 2.24 bits per heavy atom. The van der Waals surface area contributed by atoms with Gasteiger partial charge in [-0.1, -0.05) is 11.2 Å². The van der Waals surface area contributed by atoms with E-state index >= 15 is 0 Å². The van der Waals surface area contributed by atoms with E-state index in [1.807, 2.05) is 0 Å². The van der Waals surface area contributed by atoms with Gasteiger partial charge in [0.25, 0.3) is 0 Å². The van der Waals surface area contributed by atoms with Crippen LogP contribution >= 0.6 is 0 Å². The molecule has 0 aliphatic carbocycles. The van der Waals surface area contributed by atoms with Crippen LogP contribution in [0.15, 0.2) is 23.3 Å². The van der Waals surface area contributed by atoms with E-state index in [0.717, 1.165) is 6.07 Å². The summed E-state index contributed by atoms with van der Waals surface area (Å²) in [5.74, 6) is -0.592. The molecule has 1 rings (SSSR count). The van der Waals surface area contributed by atoms with Crippen molar-refractivity contribution in [3.05, 3.63) is 40.0 Å². The fraction of sp³-hybridized carbons (Fsp3) is 0.400. The van der Waals surface area contributed by atoms with E-state index in [4.69, 9.17) is 10.3 Å². The molecule has 0 aromatic heterocycles. The molecule has 2 unspecified atom stereocenters. The lowest BCUT2D eigenvalue weighted by molar-refractivity contribution is 0.0242. The van der Waals surface area contributed by atoms with E-state index < -0.39 is 18.0 Å². The van der Waals surface area contributed by atoms with Crippen molar-refractivity contribution in [2.75, 3.05) is 13.7 Å². The highest BCUT2D eigenvalue weighted by atomic mass is 19.1. The average molecular weight is 241 g/mol. The Labute approximate surface area is 96.9 Å². The number of hydrogen-bond acceptors (Lipinski definition) is 4. The molecule has 0 aliphatic heterocycles. The van der Waals surface area contributed by atoms with E-state index in [1.54, 1.807) is 0 Å². The summed E-state index contributed by atoms with van der Waals surface area (Å²) in [6, 6.07) is 3.82. The topological polar surface area (TPSA) is 98.5 Å². The quantitative estimate of drug-likeness (QED) is 0.464. The van der Waals surface area contributed by atoms with Crippen LogP contribution in [-0.2, 0) is 0 Å². The summed E-state index contributed by atoms with van der Waals surface area (Å²) in [4.78, 5) is 2.46. The number of methoxy groups -OCH3 is 1. The molecule has 0 bridgehead atoms. The molecule has 2 atom stereocenters. The third kappa shape index (κ3) is 3.32. The Hall–Kier alpha value is -1.82. The largest absolute Gasteiger partial charge is 0.494 e. The minimum absolute atomic E-state index is 0.0467. The first kappa shape index (κ1) is 13.2. The Morgan fingerprint density at radius 1 is 1.53 bits per heavy atom. The zero-order chi connectivity index (χ0) is 12.8. The SMILES string of the molecule is COc1ccc(C(O)C(O)CN=[N+]=[N-])cc1F. The van der Waals surface area contributed by atoms with Crippen molar-refractivity contribution in [1.29, 1.82) is 0 Å². The van der Waals surface area contributed by atoms with Gasteiger partial charge in [0, 0.05) is 4.91 Å². The Morgan fingerprint density at radius 3 is 2.76 bits per heavy atom. The van der Waals surface area contributed by atoms with Crippen LogP contribution in [0.4, 0.5) is 4.39 Å². The summed E-state index contributed by atoms with van der Waals surface area (Å²) < 4.78 is 18.0. The van der Waals surface area contributed by atoms with Crippen LogP contribution in [0.1, 0.15) is 11.7 Å². The number of halogens is 1. The van der Waals surface area contributed by atoms with Gasteiger partial charge in [-0.25, -0.2) is 4.39 Å². The maximum Gasteiger partial charge on any atom is 0.165 e. The van der Waals surface area contributed by atoms with Gasteiger partial charge in [-0.15, -0.1) is 0 Å². The first-order valence-corrected chi connectivity index (χ1v) is 4.80. The molecule has 7 heteroatoms. The zero-order valence-corrected chi connectivity index (χ0v) is 9.12. The first-order valence-electron chi connectivity index (χ1n) is 4.80. The first-order chi connectivity index (χ1) is 8.10. The summed E-state index contributed by atoms with van der Waals surface area (Å²) >= 11 is 0. The summed E-state index contributed by atoms with van der Waals surface area (Å²) in [7, 11) is 1.32. The molecule has 0 saturated heterocycles. The van der Waals surface area contributed by atoms with Gasteiger partial charge in [0.05, 0.1) is 19.8 Å². The molecule has 0 saturated carbocycles. The number of azide groups is 1. The molecule has 1 aromatic carbocycles. The van der Waals surface area contributed by atoms with Gasteiger partial charge in [0.15, 0.2) is 11.6 Å². The number of hydrogen-bond donors (Lipinski definition) is 2. The van der Waals surface area contributed by atoms with Crippen LogP contribution in [0.3, 0.4) is 0 Å². The molecule has 2 N–H and O–H groups in total. The highest BCUT2D eigenvalue weighted by Gasteiger charge is 2.19. The second-order valence-electron chi connectivity index (χ2n) is 3.32. The van der Waals surface area contributed by atoms with Crippen molar-refractivity contribution in [3.63, 3.8) is 0 Å². The molecule has 17 heavy (non-hydrogen) atoms. The monoisotopic (exact) mass is 241 g/mol. The van der Waals surface area contributed by atoms with E-state index in [9.17, 15) is 14.6 Å². The molecule has 0 spiro atoms. The Bertz CT molecular complexity index is 435. The van der Waals surface area contributed by atoms with Crippen molar-refractivity contribution in [1.82, 2.24) is 0 Å². The van der Waals surface area contributed by atoms with Gasteiger partial charge in [-0.05, 0) is 23.2 Å². The predicted molar refractivity (Wildman–Crippen MR) is 57.9 cm³/mol. The zero-order valence-electron chi connectivity index (χ0n) is 9.12. The second-order valence-corrected chi connectivity index (χ2v) is 3.32. The Kier molecular flexibility index (Phi) is 4.71. The van der Waals surface area contributed by atoms with E-state index in [-0.39, 0.29) is 17.9 Å². The van der Waals surface area contributed by atoms with Crippen molar-refractivity contribution in [3.8, 4) is 5.75 Å². The third-order valence-electron chi connectivity index (χ3n) is 2.21. The third-order valence-corrected chi connectivity index (χ3v) is 2.21. The molecule has 1 aromatic rings. The van der Waals surface area contributed by atoms with Crippen LogP contribution in [0, 0.1) is 5.82 Å². The van der Waals surface area contributed by atoms with Crippen molar-refractivity contribution in [2.24, 2.45) is 5.11 Å². The molecule has 0 fully saturated rings. The van der Waals surface area contributed by atoms with Crippen LogP contribution in [0.5, 0.6) is 5.75 Å². The van der Waals surface area contributed by atoms with E-state index in [2.05, 4.69) is 10.0 Å². The van der Waals surface area contributed by atoms with Crippen molar-refractivity contribution >= 4 is 0 Å². The summed E-state index contributed by atoms with van der Waals surface area (Å²) in [5.41, 5.74) is 8.25. The molecule has 0 amide bonds. The highest BCUT2D eigenvalue weighted by molar-refractivity contribution is 5.30. The minimum atomic E-state index is -1.32. The number of aliphatic hydroxyl groups is 2. The van der Waals surface area contributed by atoms with Crippen molar-refractivity contribution in [2.45, 2.75) is 12.2 Å². The normalized spacial score (nSPS) is 13.6. The number of ether oxygens (including phenoxy) is 1. The fourth-order valence-corrected chi connectivity index (χ4v) is 1.31. The molecule has 0 aliphatic rings. The summed E-state index contributed by atoms with van der Waals surface area (Å²) in [6.07, 6.45) is -2.60. The molecule has 92 valence electrons. The molecule has 6 nitrogen and oxygen atoms in total. The average Bonchev–Trinajstić information content (AvgIpc) is 2.34. The van der Waals surface area contributed by atoms with Crippen LogP contribution in [-0.4, -0.2) is 30.0 Å². The van der Waals surface area contributed by atoms with Gasteiger partial charge >= 0.3 is 0 Å². The number of nitrogens with zero attached hydrogens (tertiary/aromatic N) is 3. The fourth-order valence-electron chi connectivity index (χ4n) is 1.31. The van der Waals surface area contributed by atoms with Gasteiger partial charge < -0.3 is 14.9 Å². The van der Waals surface area contributed by atoms with Crippen molar-refractivity contribution < 1.29 is 19.3 Å². The smallest absolute Gasteiger partial charge is 0.165 e. The maximum absolute atomic E-state index is 13.3. The predicted octanol–water partition coefficient (Wildman–Crippen LogP) is 1.54. The lowest BCUT2D eigenvalue weighted by Gasteiger charge is -2.16. The van der Waals surface area contributed by atoms with Gasteiger partial charge in [-0.3, -0.25) is 0 Å². The molecular formula is C10H12FN3O3. The molecular weight excluding hydrogens is 229 g/mol. The van der Waals surface area contributed by atoms with Gasteiger partial charge in [-0.2, -0.15) is 0 Å². The number of benzene rings is 1. The lowest BCUT2D eigenvalue weighted by Crippen LogP contribution is -2.21. The summed E-state index contributed by atoms with van der Waals surface area (Å²) in [5, 5.41) is 22.2. The van der Waals surface area contributed by atoms with Gasteiger partial charge in [0.2, 0.25) is 0 Å². The maximum atomic E-state index is 13.3. The second kappa shape index (κ2) is 6.05. The van der Waals surface area contributed by atoms with Gasteiger partial charge in [0.1, 0.15) is 6.10 Å². The van der Waals surface area contributed by atoms with E-state index in [1.165, 1.54) is 19.2 Å². The Balaban J connectivity index is 2.85. The summed E-state index contributed by atoms with van der Waals surface area (Å²) in [6.45, 7) is -0.286. The number of aliphatic hydroxyl groups excluding tert-OH is 2. The van der Waals surface area contributed by atoms with Crippen LogP contribution in [0.2, 0.25) is 0 Å². The number of rotatable bonds is 5. The standard InChI is InChI=1S/C10H12FN3O3/c1-17-9-3-2-6(4-7(9)11)10(16)8(15)5-13-14-12/h2-4,8,10,15-16H,5H2,1H3. The molecule has 0 heterocycles. The molecule has 0 radical (unpaired) electrons. The highest BCUT2D eigenvalue weighted by Crippen LogP contribution is 2.23. The van der Waals surface area contributed by atoms with Crippen LogP contribution < -0.4 is 4.74 Å². The van der Waals surface area contributed by atoms with Crippen LogP contribution in [0.25, 0.3) is 10.4 Å².